The molecule has 0 spiro atoms. The van der Waals surface area contributed by atoms with Crippen LogP contribution in [0.25, 0.3) is 0 Å². The van der Waals surface area contributed by atoms with Gasteiger partial charge in [-0.1, -0.05) is 31.4 Å². The average Bonchev–Trinajstić information content (AvgIpc) is 2.60. The Morgan fingerprint density at radius 3 is 2.46 bits per heavy atom. The lowest BCUT2D eigenvalue weighted by Crippen LogP contribution is -2.45. The molecule has 0 aromatic heterocycles. The molecule has 0 aliphatic heterocycles. The molecule has 0 bridgehead atoms. The van der Waals surface area contributed by atoms with Gasteiger partial charge in [0, 0.05) is 6.04 Å². The SMILES string of the molecule is CCOC(=O)c1ccccc1NC(=O)CN(C1CCCCC1)S(C)(=O)=O. The Morgan fingerprint density at radius 2 is 1.85 bits per heavy atom. The van der Waals surface area contributed by atoms with Gasteiger partial charge in [0.2, 0.25) is 15.9 Å². The van der Waals surface area contributed by atoms with Crippen molar-refractivity contribution in [2.45, 2.75) is 45.1 Å². The highest BCUT2D eigenvalue weighted by Gasteiger charge is 2.30. The summed E-state index contributed by atoms with van der Waals surface area (Å²) in [4.78, 5) is 24.5. The highest BCUT2D eigenvalue weighted by Crippen LogP contribution is 2.24. The molecule has 1 amide bonds. The van der Waals surface area contributed by atoms with E-state index in [2.05, 4.69) is 5.32 Å². The van der Waals surface area contributed by atoms with E-state index < -0.39 is 21.9 Å². The molecule has 26 heavy (non-hydrogen) atoms. The topological polar surface area (TPSA) is 92.8 Å². The molecular formula is C18H26N2O5S. The van der Waals surface area contributed by atoms with Crippen molar-refractivity contribution in [1.82, 2.24) is 4.31 Å². The van der Waals surface area contributed by atoms with Crippen molar-refractivity contribution >= 4 is 27.6 Å². The van der Waals surface area contributed by atoms with Gasteiger partial charge in [0.1, 0.15) is 0 Å². The van der Waals surface area contributed by atoms with Gasteiger partial charge in [0.15, 0.2) is 0 Å². The zero-order valence-corrected chi connectivity index (χ0v) is 16.0. The fraction of sp³-hybridized carbons (Fsp3) is 0.556. The van der Waals surface area contributed by atoms with Crippen LogP contribution < -0.4 is 5.32 Å². The van der Waals surface area contributed by atoms with Crippen molar-refractivity contribution in [3.05, 3.63) is 29.8 Å². The van der Waals surface area contributed by atoms with Crippen molar-refractivity contribution < 1.29 is 22.7 Å². The average molecular weight is 382 g/mol. The van der Waals surface area contributed by atoms with Crippen LogP contribution in [0.15, 0.2) is 24.3 Å². The maximum Gasteiger partial charge on any atom is 0.340 e. The van der Waals surface area contributed by atoms with E-state index in [0.717, 1.165) is 38.4 Å². The predicted octanol–water partition coefficient (Wildman–Crippen LogP) is 2.40. The van der Waals surface area contributed by atoms with E-state index in [-0.39, 0.29) is 24.8 Å². The van der Waals surface area contributed by atoms with Crippen LogP contribution in [0.1, 0.15) is 49.4 Å². The Bertz CT molecular complexity index is 742. The summed E-state index contributed by atoms with van der Waals surface area (Å²) < 4.78 is 30.6. The second-order valence-electron chi connectivity index (χ2n) is 6.41. The Hall–Kier alpha value is -1.93. The van der Waals surface area contributed by atoms with Gasteiger partial charge in [-0.25, -0.2) is 13.2 Å². The van der Waals surface area contributed by atoms with Gasteiger partial charge in [-0.05, 0) is 31.9 Å². The van der Waals surface area contributed by atoms with E-state index >= 15 is 0 Å². The second kappa shape index (κ2) is 9.14. The van der Waals surface area contributed by atoms with Crippen molar-refractivity contribution in [1.29, 1.82) is 0 Å². The first-order valence-corrected chi connectivity index (χ1v) is 10.7. The zero-order valence-electron chi connectivity index (χ0n) is 15.2. The Balaban J connectivity index is 2.12. The fourth-order valence-electron chi connectivity index (χ4n) is 3.20. The third kappa shape index (κ3) is 5.54. The van der Waals surface area contributed by atoms with Gasteiger partial charge in [-0.15, -0.1) is 0 Å². The summed E-state index contributed by atoms with van der Waals surface area (Å²) in [5.41, 5.74) is 0.555. The molecule has 1 N–H and O–H groups in total. The predicted molar refractivity (Wildman–Crippen MR) is 99.5 cm³/mol. The first kappa shape index (κ1) is 20.4. The van der Waals surface area contributed by atoms with Crippen LogP contribution in [0.3, 0.4) is 0 Å². The largest absolute Gasteiger partial charge is 0.462 e. The minimum absolute atomic E-state index is 0.148. The van der Waals surface area contributed by atoms with Crippen LogP contribution in [0, 0.1) is 0 Å². The number of nitrogens with zero attached hydrogens (tertiary/aromatic N) is 1. The summed E-state index contributed by atoms with van der Waals surface area (Å²) in [5.74, 6) is -1.01. The lowest BCUT2D eigenvalue weighted by Gasteiger charge is -2.31. The number of hydrogen-bond donors (Lipinski definition) is 1. The van der Waals surface area contributed by atoms with Gasteiger partial charge in [-0.3, -0.25) is 4.79 Å². The van der Waals surface area contributed by atoms with Gasteiger partial charge in [0.05, 0.1) is 30.7 Å². The molecule has 144 valence electrons. The number of ether oxygens (including phenoxy) is 1. The van der Waals surface area contributed by atoms with Crippen LogP contribution in [-0.2, 0) is 19.6 Å². The number of benzene rings is 1. The van der Waals surface area contributed by atoms with Crippen molar-refractivity contribution in [2.75, 3.05) is 24.7 Å². The van der Waals surface area contributed by atoms with Crippen LogP contribution in [0.4, 0.5) is 5.69 Å². The number of carbonyl (C=O) groups is 2. The van der Waals surface area contributed by atoms with E-state index in [4.69, 9.17) is 4.74 Å². The first-order chi connectivity index (χ1) is 12.3. The van der Waals surface area contributed by atoms with E-state index in [1.807, 2.05) is 0 Å². The first-order valence-electron chi connectivity index (χ1n) is 8.85. The van der Waals surface area contributed by atoms with Crippen LogP contribution in [-0.4, -0.2) is 50.0 Å². The van der Waals surface area contributed by atoms with E-state index in [1.165, 1.54) is 4.31 Å². The monoisotopic (exact) mass is 382 g/mol. The van der Waals surface area contributed by atoms with Crippen LogP contribution in [0.2, 0.25) is 0 Å². The summed E-state index contributed by atoms with van der Waals surface area (Å²) >= 11 is 0. The van der Waals surface area contributed by atoms with Crippen LogP contribution >= 0.6 is 0 Å². The molecule has 0 heterocycles. The van der Waals surface area contributed by atoms with Crippen LogP contribution in [0.5, 0.6) is 0 Å². The lowest BCUT2D eigenvalue weighted by molar-refractivity contribution is -0.116. The number of amides is 1. The molecule has 1 aliphatic rings. The number of rotatable bonds is 7. The van der Waals surface area contributed by atoms with E-state index in [1.54, 1.807) is 31.2 Å². The highest BCUT2D eigenvalue weighted by atomic mass is 32.2. The molecule has 1 aromatic carbocycles. The number of sulfonamides is 1. The summed E-state index contributed by atoms with van der Waals surface area (Å²) in [7, 11) is -3.51. The van der Waals surface area contributed by atoms with Gasteiger partial charge < -0.3 is 10.1 Å². The fourth-order valence-corrected chi connectivity index (χ4v) is 4.30. The molecule has 0 unspecified atom stereocenters. The van der Waals surface area contributed by atoms with E-state index in [0.29, 0.717) is 5.69 Å². The number of para-hydroxylation sites is 1. The second-order valence-corrected chi connectivity index (χ2v) is 8.35. The molecule has 0 saturated heterocycles. The normalized spacial score (nSPS) is 15.7. The molecule has 0 atom stereocenters. The Labute approximate surface area is 154 Å². The standard InChI is InChI=1S/C18H26N2O5S/c1-3-25-18(22)15-11-7-8-12-16(15)19-17(21)13-20(26(2,23)24)14-9-5-4-6-10-14/h7-8,11-12,14H,3-6,9-10,13H2,1-2H3,(H,19,21). The maximum atomic E-state index is 12.5. The van der Waals surface area contributed by atoms with Crippen molar-refractivity contribution in [2.24, 2.45) is 0 Å². The molecule has 1 fully saturated rings. The summed E-state index contributed by atoms with van der Waals surface area (Å²) in [6.45, 7) is 1.67. The minimum Gasteiger partial charge on any atom is -0.462 e. The van der Waals surface area contributed by atoms with E-state index in [9.17, 15) is 18.0 Å². The molecule has 1 aliphatic carbocycles. The molecule has 0 radical (unpaired) electrons. The zero-order chi connectivity index (χ0) is 19.2. The minimum atomic E-state index is -3.51. The molecule has 8 heteroatoms. The molecule has 1 aromatic rings. The maximum absolute atomic E-state index is 12.5. The molecular weight excluding hydrogens is 356 g/mol. The highest BCUT2D eigenvalue weighted by molar-refractivity contribution is 7.88. The lowest BCUT2D eigenvalue weighted by atomic mass is 9.95. The van der Waals surface area contributed by atoms with Crippen molar-refractivity contribution in [3.63, 3.8) is 0 Å². The number of hydrogen-bond acceptors (Lipinski definition) is 5. The number of carbonyl (C=O) groups excluding carboxylic acids is 2. The molecule has 1 saturated carbocycles. The molecule has 7 nitrogen and oxygen atoms in total. The number of esters is 1. The quantitative estimate of drug-likeness (QED) is 0.731. The third-order valence-electron chi connectivity index (χ3n) is 4.40. The summed E-state index contributed by atoms with van der Waals surface area (Å²) in [6.07, 6.45) is 5.67. The number of nitrogens with one attached hydrogen (secondary N) is 1. The van der Waals surface area contributed by atoms with Gasteiger partial charge in [0.25, 0.3) is 0 Å². The Morgan fingerprint density at radius 1 is 1.19 bits per heavy atom. The third-order valence-corrected chi connectivity index (χ3v) is 5.68. The van der Waals surface area contributed by atoms with Gasteiger partial charge >= 0.3 is 5.97 Å². The molecule has 2 rings (SSSR count). The summed E-state index contributed by atoms with van der Waals surface area (Å²) in [6, 6.07) is 6.36. The Kier molecular flexibility index (Phi) is 7.16. The van der Waals surface area contributed by atoms with Crippen molar-refractivity contribution in [3.8, 4) is 0 Å². The number of anilines is 1. The van der Waals surface area contributed by atoms with Gasteiger partial charge in [-0.2, -0.15) is 4.31 Å². The smallest absolute Gasteiger partial charge is 0.340 e. The summed E-state index contributed by atoms with van der Waals surface area (Å²) in [5, 5.41) is 2.65.